The van der Waals surface area contributed by atoms with Gasteiger partial charge >= 0.3 is 11.9 Å². The van der Waals surface area contributed by atoms with Crippen molar-refractivity contribution < 1.29 is 28.8 Å². The van der Waals surface area contributed by atoms with Crippen LogP contribution in [0, 0.1) is 23.0 Å². The fourth-order valence-electron chi connectivity index (χ4n) is 2.91. The van der Waals surface area contributed by atoms with Gasteiger partial charge in [-0.25, -0.2) is 4.79 Å². The number of esters is 2. The topological polar surface area (TPSA) is 116 Å². The molecule has 1 aliphatic rings. The first kappa shape index (κ1) is 20.3. The van der Waals surface area contributed by atoms with Gasteiger partial charge < -0.3 is 14.4 Å². The molecule has 0 aromatic heterocycles. The second kappa shape index (κ2) is 9.11. The molecule has 0 saturated carbocycles. The number of benzene rings is 1. The van der Waals surface area contributed by atoms with Gasteiger partial charge in [-0.05, 0) is 38.8 Å². The van der Waals surface area contributed by atoms with Crippen LogP contribution in [-0.4, -0.2) is 54.0 Å². The predicted octanol–water partition coefficient (Wildman–Crippen LogP) is 1.86. The lowest BCUT2D eigenvalue weighted by molar-refractivity contribution is -0.385. The summed E-state index contributed by atoms with van der Waals surface area (Å²) < 4.78 is 10.0. The Balaban J connectivity index is 1.84. The van der Waals surface area contributed by atoms with Crippen molar-refractivity contribution in [3.05, 3.63) is 39.4 Å². The normalized spacial score (nSPS) is 14.5. The van der Waals surface area contributed by atoms with Gasteiger partial charge in [0.05, 0.1) is 23.0 Å². The number of aryl methyl sites for hydroxylation is 1. The molecule has 0 spiro atoms. The van der Waals surface area contributed by atoms with Gasteiger partial charge in [-0.15, -0.1) is 0 Å². The summed E-state index contributed by atoms with van der Waals surface area (Å²) in [5, 5.41) is 10.8. The molecule has 146 valence electrons. The zero-order valence-electron chi connectivity index (χ0n) is 15.3. The van der Waals surface area contributed by atoms with Crippen LogP contribution in [0.1, 0.15) is 35.7 Å². The fraction of sp³-hybridized carbons (Fsp3) is 0.500. The van der Waals surface area contributed by atoms with Crippen molar-refractivity contribution in [1.82, 2.24) is 4.90 Å². The molecule has 1 saturated heterocycles. The Morgan fingerprint density at radius 2 is 1.89 bits per heavy atom. The maximum Gasteiger partial charge on any atom is 0.338 e. The van der Waals surface area contributed by atoms with Crippen LogP contribution in [-0.2, 0) is 19.1 Å². The van der Waals surface area contributed by atoms with Crippen LogP contribution in [0.15, 0.2) is 18.2 Å². The predicted molar refractivity (Wildman–Crippen MR) is 94.1 cm³/mol. The maximum atomic E-state index is 12.2. The molecule has 0 atom stereocenters. The van der Waals surface area contributed by atoms with Gasteiger partial charge in [-0.2, -0.15) is 0 Å². The molecule has 1 aliphatic heterocycles. The van der Waals surface area contributed by atoms with Crippen molar-refractivity contribution >= 4 is 23.5 Å². The summed E-state index contributed by atoms with van der Waals surface area (Å²) in [6.07, 6.45) is 1.03. The Labute approximate surface area is 156 Å². The first-order chi connectivity index (χ1) is 12.8. The lowest BCUT2D eigenvalue weighted by Crippen LogP contribution is -2.42. The minimum Gasteiger partial charge on any atom is -0.466 e. The summed E-state index contributed by atoms with van der Waals surface area (Å²) in [5.74, 6) is -1.52. The first-order valence-electron chi connectivity index (χ1n) is 8.70. The van der Waals surface area contributed by atoms with Crippen molar-refractivity contribution in [3.63, 3.8) is 0 Å². The molecule has 1 aromatic rings. The van der Waals surface area contributed by atoms with Crippen molar-refractivity contribution in [3.8, 4) is 0 Å². The van der Waals surface area contributed by atoms with E-state index in [1.165, 1.54) is 25.1 Å². The zero-order valence-corrected chi connectivity index (χ0v) is 15.3. The number of nitrogens with zero attached hydrogens (tertiary/aromatic N) is 2. The van der Waals surface area contributed by atoms with E-state index in [1.54, 1.807) is 11.8 Å². The summed E-state index contributed by atoms with van der Waals surface area (Å²) in [6.45, 7) is 3.98. The quantitative estimate of drug-likeness (QED) is 0.421. The number of carbonyl (C=O) groups excluding carboxylic acids is 3. The molecule has 1 aromatic carbocycles. The Morgan fingerprint density at radius 3 is 2.44 bits per heavy atom. The van der Waals surface area contributed by atoms with E-state index >= 15 is 0 Å². The van der Waals surface area contributed by atoms with Crippen molar-refractivity contribution in [1.29, 1.82) is 0 Å². The molecular weight excluding hydrogens is 356 g/mol. The molecule has 9 heteroatoms. The largest absolute Gasteiger partial charge is 0.466 e. The number of amides is 1. The average Bonchev–Trinajstić information content (AvgIpc) is 2.65. The fourth-order valence-corrected chi connectivity index (χ4v) is 2.91. The van der Waals surface area contributed by atoms with Gasteiger partial charge in [0.25, 0.3) is 11.6 Å². The number of hydrogen-bond acceptors (Lipinski definition) is 7. The van der Waals surface area contributed by atoms with Crippen LogP contribution in [0.3, 0.4) is 0 Å². The Morgan fingerprint density at radius 1 is 1.22 bits per heavy atom. The minimum absolute atomic E-state index is 0.0907. The first-order valence-corrected chi connectivity index (χ1v) is 8.70. The van der Waals surface area contributed by atoms with E-state index in [0.29, 0.717) is 38.1 Å². The van der Waals surface area contributed by atoms with Gasteiger partial charge in [0.1, 0.15) is 0 Å². The zero-order chi connectivity index (χ0) is 20.0. The van der Waals surface area contributed by atoms with Gasteiger partial charge in [-0.3, -0.25) is 19.7 Å². The van der Waals surface area contributed by atoms with Crippen molar-refractivity contribution in [2.24, 2.45) is 5.92 Å². The maximum absolute atomic E-state index is 12.2. The lowest BCUT2D eigenvalue weighted by Gasteiger charge is -2.30. The molecule has 2 rings (SSSR count). The monoisotopic (exact) mass is 378 g/mol. The minimum atomic E-state index is -0.720. The molecule has 0 unspecified atom stereocenters. The molecule has 1 amide bonds. The summed E-state index contributed by atoms with van der Waals surface area (Å²) in [5.41, 5.74) is 0.390. The van der Waals surface area contributed by atoms with Gasteiger partial charge in [0, 0.05) is 24.7 Å². The average molecular weight is 378 g/mol. The Hall–Kier alpha value is -2.97. The Bertz CT molecular complexity index is 739. The summed E-state index contributed by atoms with van der Waals surface area (Å²) in [7, 11) is 0. The smallest absolute Gasteiger partial charge is 0.338 e. The molecule has 0 radical (unpaired) electrons. The molecule has 0 aliphatic carbocycles. The van der Waals surface area contributed by atoms with E-state index in [9.17, 15) is 24.5 Å². The number of likely N-dealkylation sites (tertiary alicyclic amines) is 1. The highest BCUT2D eigenvalue weighted by molar-refractivity contribution is 5.92. The van der Waals surface area contributed by atoms with E-state index in [2.05, 4.69) is 0 Å². The second-order valence-corrected chi connectivity index (χ2v) is 6.24. The standard InChI is InChI=1S/C18H22N2O7/c1-3-26-17(22)13-6-8-19(9-7-13)16(21)11-27-18(23)14-4-5-15(20(24)25)12(2)10-14/h4-5,10,13H,3,6-9,11H2,1-2H3. The van der Waals surface area contributed by atoms with Gasteiger partial charge in [-0.1, -0.05) is 0 Å². The number of piperidine rings is 1. The second-order valence-electron chi connectivity index (χ2n) is 6.24. The third-order valence-electron chi connectivity index (χ3n) is 4.42. The third kappa shape index (κ3) is 5.25. The highest BCUT2D eigenvalue weighted by atomic mass is 16.6. The van der Waals surface area contributed by atoms with E-state index in [1.807, 2.05) is 0 Å². The number of hydrogen-bond donors (Lipinski definition) is 0. The van der Waals surface area contributed by atoms with Crippen molar-refractivity contribution in [2.75, 3.05) is 26.3 Å². The van der Waals surface area contributed by atoms with E-state index in [-0.39, 0.29) is 29.0 Å². The molecule has 1 fully saturated rings. The third-order valence-corrected chi connectivity index (χ3v) is 4.42. The van der Waals surface area contributed by atoms with Crippen molar-refractivity contribution in [2.45, 2.75) is 26.7 Å². The van der Waals surface area contributed by atoms with Gasteiger partial charge in [0.15, 0.2) is 6.61 Å². The SMILES string of the molecule is CCOC(=O)C1CCN(C(=O)COC(=O)c2ccc([N+](=O)[O-])c(C)c2)CC1. The molecule has 0 bridgehead atoms. The molecule has 9 nitrogen and oxygen atoms in total. The van der Waals surface area contributed by atoms with Crippen LogP contribution >= 0.6 is 0 Å². The molecule has 0 N–H and O–H groups in total. The summed E-state index contributed by atoms with van der Waals surface area (Å²) in [6, 6.07) is 3.88. The number of rotatable bonds is 6. The highest BCUT2D eigenvalue weighted by Crippen LogP contribution is 2.20. The number of carbonyl (C=O) groups is 3. The lowest BCUT2D eigenvalue weighted by atomic mass is 9.97. The van der Waals surface area contributed by atoms with E-state index in [4.69, 9.17) is 9.47 Å². The summed E-state index contributed by atoms with van der Waals surface area (Å²) >= 11 is 0. The van der Waals surface area contributed by atoms with Crippen LogP contribution < -0.4 is 0 Å². The van der Waals surface area contributed by atoms with Crippen LogP contribution in [0.4, 0.5) is 5.69 Å². The van der Waals surface area contributed by atoms with Crippen LogP contribution in [0.5, 0.6) is 0 Å². The number of nitro benzene ring substituents is 1. The van der Waals surface area contributed by atoms with E-state index < -0.39 is 17.5 Å². The molecule has 27 heavy (non-hydrogen) atoms. The Kier molecular flexibility index (Phi) is 6.86. The molecule has 1 heterocycles. The van der Waals surface area contributed by atoms with Crippen LogP contribution in [0.25, 0.3) is 0 Å². The number of nitro groups is 1. The highest BCUT2D eigenvalue weighted by Gasteiger charge is 2.28. The number of ether oxygens (including phenoxy) is 2. The summed E-state index contributed by atoms with van der Waals surface area (Å²) in [4.78, 5) is 47.8. The van der Waals surface area contributed by atoms with E-state index in [0.717, 1.165) is 0 Å². The van der Waals surface area contributed by atoms with Gasteiger partial charge in [0.2, 0.25) is 0 Å². The van der Waals surface area contributed by atoms with Crippen LogP contribution in [0.2, 0.25) is 0 Å². The molecular formula is C18H22N2O7.